The monoisotopic (exact) mass is 290 g/mol. The Bertz CT molecular complexity index is 493. The van der Waals surface area contributed by atoms with Crippen molar-refractivity contribution in [2.45, 2.75) is 38.6 Å². The molecule has 0 saturated carbocycles. The molecule has 0 aliphatic carbocycles. The molecule has 0 aromatic heterocycles. The summed E-state index contributed by atoms with van der Waals surface area (Å²) in [5.74, 6) is 0. The summed E-state index contributed by atoms with van der Waals surface area (Å²) >= 11 is 0. The van der Waals surface area contributed by atoms with Crippen LogP contribution >= 0.6 is 0 Å². The van der Waals surface area contributed by atoms with Gasteiger partial charge in [0.2, 0.25) is 0 Å². The summed E-state index contributed by atoms with van der Waals surface area (Å²) < 4.78 is 5.33. The molecule has 0 unspecified atom stereocenters. The van der Waals surface area contributed by atoms with E-state index in [0.29, 0.717) is 13.2 Å². The number of hydrogen-bond donors (Lipinski definition) is 1. The van der Waals surface area contributed by atoms with Crippen LogP contribution in [0.15, 0.2) is 24.3 Å². The van der Waals surface area contributed by atoms with Crippen LogP contribution in [-0.2, 0) is 10.2 Å². The van der Waals surface area contributed by atoms with E-state index in [9.17, 15) is 4.79 Å². The first-order valence-corrected chi connectivity index (χ1v) is 7.56. The van der Waals surface area contributed by atoms with Crippen molar-refractivity contribution in [2.75, 3.05) is 26.8 Å². The van der Waals surface area contributed by atoms with Gasteiger partial charge in [-0.1, -0.05) is 43.7 Å². The summed E-state index contributed by atoms with van der Waals surface area (Å²) in [6, 6.07) is 8.63. The Balaban J connectivity index is 1.93. The summed E-state index contributed by atoms with van der Waals surface area (Å²) in [5.41, 5.74) is 2.40. The maximum atomic E-state index is 12.2. The van der Waals surface area contributed by atoms with Crippen LogP contribution in [0.25, 0.3) is 0 Å². The van der Waals surface area contributed by atoms with Crippen molar-refractivity contribution in [3.63, 3.8) is 0 Å². The second-order valence-corrected chi connectivity index (χ2v) is 6.54. The van der Waals surface area contributed by atoms with E-state index in [1.54, 1.807) is 4.90 Å². The van der Waals surface area contributed by atoms with Gasteiger partial charge < -0.3 is 15.0 Å². The number of amides is 2. The average Bonchev–Trinajstić information content (AvgIpc) is 2.98. The van der Waals surface area contributed by atoms with E-state index in [1.807, 2.05) is 7.05 Å². The Morgan fingerprint density at radius 3 is 2.86 bits per heavy atom. The smallest absolute Gasteiger partial charge is 0.317 e. The maximum Gasteiger partial charge on any atom is 0.317 e. The number of likely N-dealkylation sites (N-methyl/N-ethyl adjacent to an activating group) is 1. The Labute approximate surface area is 127 Å². The molecule has 1 aromatic rings. The second-order valence-electron chi connectivity index (χ2n) is 6.54. The fraction of sp³-hybridized carbons (Fsp3) is 0.588. The summed E-state index contributed by atoms with van der Waals surface area (Å²) in [4.78, 5) is 14.0. The van der Waals surface area contributed by atoms with Crippen molar-refractivity contribution in [3.05, 3.63) is 35.4 Å². The summed E-state index contributed by atoms with van der Waals surface area (Å²) in [6.07, 6.45) is 0.922. The number of carbonyl (C=O) groups is 1. The third-order valence-corrected chi connectivity index (χ3v) is 4.25. The quantitative estimate of drug-likeness (QED) is 0.926. The van der Waals surface area contributed by atoms with E-state index in [0.717, 1.165) is 13.0 Å². The van der Waals surface area contributed by atoms with Gasteiger partial charge in [0.1, 0.15) is 0 Å². The SMILES string of the molecule is Cc1cccc(C(C)(C)CNC(=O)N(C)[C@@H]2CCOC2)c1. The third-order valence-electron chi connectivity index (χ3n) is 4.25. The van der Waals surface area contributed by atoms with Crippen LogP contribution in [0, 0.1) is 6.92 Å². The molecule has 1 N–H and O–H groups in total. The normalized spacial score (nSPS) is 18.6. The van der Waals surface area contributed by atoms with Gasteiger partial charge in [-0.15, -0.1) is 0 Å². The van der Waals surface area contributed by atoms with Crippen molar-refractivity contribution in [1.29, 1.82) is 0 Å². The van der Waals surface area contributed by atoms with E-state index in [2.05, 4.69) is 50.4 Å². The molecule has 21 heavy (non-hydrogen) atoms. The molecule has 0 bridgehead atoms. The Morgan fingerprint density at radius 1 is 1.48 bits per heavy atom. The van der Waals surface area contributed by atoms with Crippen molar-refractivity contribution < 1.29 is 9.53 Å². The van der Waals surface area contributed by atoms with Gasteiger partial charge in [0, 0.05) is 25.6 Å². The lowest BCUT2D eigenvalue weighted by atomic mass is 9.84. The molecule has 1 aliphatic heterocycles. The van der Waals surface area contributed by atoms with Gasteiger partial charge in [-0.05, 0) is 18.9 Å². The molecule has 1 atom stereocenters. The first kappa shape index (κ1) is 15.8. The zero-order chi connectivity index (χ0) is 15.5. The topological polar surface area (TPSA) is 41.6 Å². The zero-order valence-corrected chi connectivity index (χ0v) is 13.5. The number of benzene rings is 1. The van der Waals surface area contributed by atoms with Crippen molar-refractivity contribution in [3.8, 4) is 0 Å². The summed E-state index contributed by atoms with van der Waals surface area (Å²) in [7, 11) is 1.84. The zero-order valence-electron chi connectivity index (χ0n) is 13.5. The van der Waals surface area contributed by atoms with E-state index in [1.165, 1.54) is 11.1 Å². The number of urea groups is 1. The fourth-order valence-corrected chi connectivity index (χ4v) is 2.58. The standard InChI is InChI=1S/C17H26N2O2/c1-13-6-5-7-14(10-13)17(2,3)12-18-16(20)19(4)15-8-9-21-11-15/h5-7,10,15H,8-9,11-12H2,1-4H3,(H,18,20)/t15-/m1/s1. The lowest BCUT2D eigenvalue weighted by Gasteiger charge is -2.29. The van der Waals surface area contributed by atoms with Crippen molar-refractivity contribution in [1.82, 2.24) is 10.2 Å². The maximum absolute atomic E-state index is 12.2. The van der Waals surface area contributed by atoms with E-state index >= 15 is 0 Å². The van der Waals surface area contributed by atoms with Gasteiger partial charge in [-0.2, -0.15) is 0 Å². The Hall–Kier alpha value is -1.55. The van der Waals surface area contributed by atoms with Gasteiger partial charge in [-0.25, -0.2) is 4.79 Å². The van der Waals surface area contributed by atoms with Crippen LogP contribution < -0.4 is 5.32 Å². The van der Waals surface area contributed by atoms with Gasteiger partial charge in [-0.3, -0.25) is 0 Å². The Morgan fingerprint density at radius 2 is 2.24 bits per heavy atom. The minimum Gasteiger partial charge on any atom is -0.379 e. The van der Waals surface area contributed by atoms with Gasteiger partial charge >= 0.3 is 6.03 Å². The number of carbonyl (C=O) groups excluding carboxylic acids is 1. The average molecular weight is 290 g/mol. The predicted molar refractivity (Wildman–Crippen MR) is 84.6 cm³/mol. The molecule has 4 heteroatoms. The number of nitrogens with one attached hydrogen (secondary N) is 1. The molecule has 2 rings (SSSR count). The largest absolute Gasteiger partial charge is 0.379 e. The molecule has 2 amide bonds. The molecule has 1 saturated heterocycles. The molecule has 116 valence electrons. The summed E-state index contributed by atoms with van der Waals surface area (Å²) in [5, 5.41) is 3.05. The molecule has 1 heterocycles. The van der Waals surface area contributed by atoms with Crippen LogP contribution in [0.2, 0.25) is 0 Å². The molecule has 1 aliphatic rings. The molecular weight excluding hydrogens is 264 g/mol. The fourth-order valence-electron chi connectivity index (χ4n) is 2.58. The molecule has 1 aromatic carbocycles. The highest BCUT2D eigenvalue weighted by molar-refractivity contribution is 5.74. The van der Waals surface area contributed by atoms with Crippen molar-refractivity contribution in [2.24, 2.45) is 0 Å². The molecular formula is C17H26N2O2. The molecule has 0 radical (unpaired) electrons. The van der Waals surface area contributed by atoms with E-state index < -0.39 is 0 Å². The van der Waals surface area contributed by atoms with E-state index in [4.69, 9.17) is 4.74 Å². The predicted octanol–water partition coefficient (Wildman–Crippen LogP) is 2.70. The third kappa shape index (κ3) is 3.97. The molecule has 0 spiro atoms. The first-order valence-electron chi connectivity index (χ1n) is 7.56. The van der Waals surface area contributed by atoms with Crippen LogP contribution in [-0.4, -0.2) is 43.8 Å². The van der Waals surface area contributed by atoms with Gasteiger partial charge in [0.15, 0.2) is 0 Å². The van der Waals surface area contributed by atoms with Crippen LogP contribution in [0.4, 0.5) is 4.79 Å². The van der Waals surface area contributed by atoms with Gasteiger partial charge in [0.25, 0.3) is 0 Å². The first-order chi connectivity index (χ1) is 9.90. The number of hydrogen-bond acceptors (Lipinski definition) is 2. The highest BCUT2D eigenvalue weighted by Crippen LogP contribution is 2.23. The molecule has 4 nitrogen and oxygen atoms in total. The van der Waals surface area contributed by atoms with Crippen molar-refractivity contribution >= 4 is 6.03 Å². The minimum absolute atomic E-state index is 0.0220. The number of rotatable bonds is 4. The number of ether oxygens (including phenoxy) is 1. The minimum atomic E-state index is -0.0886. The summed E-state index contributed by atoms with van der Waals surface area (Å²) in [6.45, 7) is 8.41. The Kier molecular flexibility index (Phi) is 4.88. The van der Waals surface area contributed by atoms with Gasteiger partial charge in [0.05, 0.1) is 12.6 Å². The number of nitrogens with zero attached hydrogens (tertiary/aromatic N) is 1. The highest BCUT2D eigenvalue weighted by atomic mass is 16.5. The number of aryl methyl sites for hydroxylation is 1. The van der Waals surface area contributed by atoms with Crippen LogP contribution in [0.3, 0.4) is 0 Å². The second kappa shape index (κ2) is 6.48. The van der Waals surface area contributed by atoms with Crippen LogP contribution in [0.1, 0.15) is 31.4 Å². The van der Waals surface area contributed by atoms with E-state index in [-0.39, 0.29) is 17.5 Å². The highest BCUT2D eigenvalue weighted by Gasteiger charge is 2.26. The molecule has 1 fully saturated rings. The van der Waals surface area contributed by atoms with Crippen LogP contribution in [0.5, 0.6) is 0 Å². The lowest BCUT2D eigenvalue weighted by molar-refractivity contribution is 0.157. The lowest BCUT2D eigenvalue weighted by Crippen LogP contribution is -2.47.